The van der Waals surface area contributed by atoms with Crippen molar-refractivity contribution in [2.24, 2.45) is 0 Å². The predicted octanol–water partition coefficient (Wildman–Crippen LogP) is 10.2. The molecule has 4 fully saturated rings. The number of allylic oxidation sites excluding steroid dienone is 1. The highest BCUT2D eigenvalue weighted by molar-refractivity contribution is 7.77. The molecule has 2 heteroatoms. The first kappa shape index (κ1) is 23.7. The van der Waals surface area contributed by atoms with Gasteiger partial charge in [0.1, 0.15) is 0 Å². The Kier molecular flexibility index (Phi) is 10.1. The lowest BCUT2D eigenvalue weighted by Crippen LogP contribution is -2.31. The van der Waals surface area contributed by atoms with Crippen LogP contribution in [0.2, 0.25) is 0 Å². The largest absolute Gasteiger partial charge is 0.103 e. The molecule has 0 nitrogen and oxygen atoms in total. The molecule has 0 aromatic carbocycles. The highest BCUT2D eigenvalue weighted by atomic mass is 31.2. The zero-order valence-electron chi connectivity index (χ0n) is 19.9. The Balaban J connectivity index is 1.64. The molecule has 0 saturated heterocycles. The van der Waals surface area contributed by atoms with Crippen LogP contribution in [0.25, 0.3) is 0 Å². The minimum Gasteiger partial charge on any atom is -0.103 e. The monoisotopic (exact) mass is 448 g/mol. The fraction of sp³-hybridized carbons (Fsp3) is 0.929. The van der Waals surface area contributed by atoms with Crippen molar-refractivity contribution in [1.29, 1.82) is 0 Å². The van der Waals surface area contributed by atoms with Gasteiger partial charge in [-0.1, -0.05) is 99.0 Å². The van der Waals surface area contributed by atoms with Crippen molar-refractivity contribution in [2.45, 2.75) is 163 Å². The first-order valence-electron chi connectivity index (χ1n) is 14.0. The molecule has 4 saturated carbocycles. The topological polar surface area (TPSA) is 0 Å². The maximum Gasteiger partial charge on any atom is 0.00385 e. The summed E-state index contributed by atoms with van der Waals surface area (Å²) in [5.74, 6) is 0. The number of rotatable bonds is 8. The van der Waals surface area contributed by atoms with E-state index in [2.05, 4.69) is 12.7 Å². The van der Waals surface area contributed by atoms with E-state index in [1.807, 2.05) is 0 Å². The summed E-state index contributed by atoms with van der Waals surface area (Å²) >= 11 is 0. The molecule has 0 heterocycles. The molecule has 0 aromatic rings. The molecule has 30 heavy (non-hydrogen) atoms. The van der Waals surface area contributed by atoms with Crippen molar-refractivity contribution in [3.05, 3.63) is 12.7 Å². The number of hydrogen-bond acceptors (Lipinski definition) is 0. The molecule has 4 aliphatic carbocycles. The molecule has 0 unspecified atom stereocenters. The summed E-state index contributed by atoms with van der Waals surface area (Å²) in [5, 5.41) is 1.09. The highest BCUT2D eigenvalue weighted by Gasteiger charge is 2.44. The van der Waals surface area contributed by atoms with Gasteiger partial charge >= 0.3 is 0 Å². The van der Waals surface area contributed by atoms with Gasteiger partial charge in [0.15, 0.2) is 0 Å². The van der Waals surface area contributed by atoms with E-state index in [1.165, 1.54) is 32.1 Å². The van der Waals surface area contributed by atoms with Crippen molar-refractivity contribution >= 4 is 15.8 Å². The summed E-state index contributed by atoms with van der Waals surface area (Å²) in [6.45, 7) is 4.37. The molecule has 0 spiro atoms. The maximum atomic E-state index is 4.37. The second kappa shape index (κ2) is 12.7. The van der Waals surface area contributed by atoms with Crippen LogP contribution in [0.5, 0.6) is 0 Å². The van der Waals surface area contributed by atoms with Crippen LogP contribution in [0.3, 0.4) is 0 Å². The van der Waals surface area contributed by atoms with Gasteiger partial charge in [-0.3, -0.25) is 0 Å². The van der Waals surface area contributed by atoms with Gasteiger partial charge in [-0.05, 0) is 80.4 Å². The minimum absolute atomic E-state index is 0.202. The van der Waals surface area contributed by atoms with E-state index in [1.54, 1.807) is 103 Å². The molecule has 0 atom stereocenters. The van der Waals surface area contributed by atoms with E-state index in [9.17, 15) is 0 Å². The van der Waals surface area contributed by atoms with E-state index < -0.39 is 0 Å². The third-order valence-electron chi connectivity index (χ3n) is 9.05. The first-order valence-corrected chi connectivity index (χ1v) is 17.1. The van der Waals surface area contributed by atoms with Gasteiger partial charge in [0.05, 0.1) is 0 Å². The van der Waals surface area contributed by atoms with Crippen LogP contribution in [0.15, 0.2) is 12.7 Å². The number of hydrogen-bond donors (Lipinski definition) is 0. The van der Waals surface area contributed by atoms with Crippen molar-refractivity contribution in [3.8, 4) is 0 Å². The minimum atomic E-state index is 0.202. The van der Waals surface area contributed by atoms with Crippen LogP contribution in [0.4, 0.5) is 0 Å². The zero-order chi connectivity index (χ0) is 20.6. The molecule has 0 aromatic heterocycles. The second-order valence-corrected chi connectivity index (χ2v) is 17.4. The fourth-order valence-corrected chi connectivity index (χ4v) is 18.9. The summed E-state index contributed by atoms with van der Waals surface area (Å²) in [6, 6.07) is 0. The Morgan fingerprint density at radius 1 is 0.500 bits per heavy atom. The van der Waals surface area contributed by atoms with E-state index in [4.69, 9.17) is 0 Å². The Labute approximate surface area is 191 Å². The van der Waals surface area contributed by atoms with Gasteiger partial charge < -0.3 is 0 Å². The lowest BCUT2D eigenvalue weighted by atomic mass is 9.99. The van der Waals surface area contributed by atoms with E-state index >= 15 is 0 Å². The predicted molar refractivity (Wildman–Crippen MR) is 140 cm³/mol. The zero-order valence-corrected chi connectivity index (χ0v) is 21.7. The lowest BCUT2D eigenvalue weighted by Gasteiger charge is -2.51. The summed E-state index contributed by atoms with van der Waals surface area (Å²) in [4.78, 5) is 0. The molecule has 0 N–H and O–H groups in total. The summed E-state index contributed by atoms with van der Waals surface area (Å²) in [7, 11) is 0.405. The Hall–Kier alpha value is 0.600. The van der Waals surface area contributed by atoms with Crippen LogP contribution in [-0.2, 0) is 0 Å². The van der Waals surface area contributed by atoms with Crippen LogP contribution >= 0.6 is 15.8 Å². The van der Waals surface area contributed by atoms with Gasteiger partial charge in [0.2, 0.25) is 0 Å². The summed E-state index contributed by atoms with van der Waals surface area (Å²) < 4.78 is 0. The smallest absolute Gasteiger partial charge is 0.00385 e. The van der Waals surface area contributed by atoms with Crippen LogP contribution in [-0.4, -0.2) is 28.0 Å². The average Bonchev–Trinajstić information content (AvgIpc) is 2.82. The van der Waals surface area contributed by atoms with Gasteiger partial charge in [-0.25, -0.2) is 0 Å². The first-order chi connectivity index (χ1) is 14.9. The Morgan fingerprint density at radius 3 is 1.00 bits per heavy atom. The normalized spacial score (nSPS) is 26.6. The molecule has 4 aliphatic rings. The molecule has 172 valence electrons. The Bertz CT molecular complexity index is 403. The molecular formula is C28H50P2. The maximum absolute atomic E-state index is 4.37. The van der Waals surface area contributed by atoms with Crippen molar-refractivity contribution in [1.82, 2.24) is 0 Å². The molecule has 0 radical (unpaired) electrons. The highest BCUT2D eigenvalue weighted by Crippen LogP contribution is 2.73. The summed E-state index contributed by atoms with van der Waals surface area (Å²) in [6.07, 6.45) is 35.0. The molecular weight excluding hydrogens is 398 g/mol. The standard InChI is InChI=1S/C28H50P2/c1-2-15-28(29(24-16-7-3-8-17-24)25-18-9-4-10-19-25)30(26-20-11-5-12-21-26)27-22-13-6-14-23-27/h2,24-28H,1,3-23H2. The molecule has 4 rings (SSSR count). The van der Waals surface area contributed by atoms with Gasteiger partial charge in [0.25, 0.3) is 0 Å². The van der Waals surface area contributed by atoms with E-state index in [0.29, 0.717) is 0 Å². The molecule has 0 bridgehead atoms. The third kappa shape index (κ3) is 6.13. The lowest BCUT2D eigenvalue weighted by molar-refractivity contribution is 0.477. The van der Waals surface area contributed by atoms with E-state index in [-0.39, 0.29) is 15.8 Å². The van der Waals surface area contributed by atoms with Crippen LogP contribution < -0.4 is 0 Å². The SMILES string of the molecule is C=CCC(P(C1CCCCC1)C1CCCCC1)P(C1CCCCC1)C1CCCCC1. The summed E-state index contributed by atoms with van der Waals surface area (Å²) in [5.41, 5.74) is 4.50. The van der Waals surface area contributed by atoms with Crippen molar-refractivity contribution < 1.29 is 0 Å². The van der Waals surface area contributed by atoms with Crippen molar-refractivity contribution in [2.75, 3.05) is 0 Å². The van der Waals surface area contributed by atoms with Crippen LogP contribution in [0.1, 0.15) is 135 Å². The molecule has 0 amide bonds. The van der Waals surface area contributed by atoms with Crippen molar-refractivity contribution in [3.63, 3.8) is 0 Å². The van der Waals surface area contributed by atoms with E-state index in [0.717, 1.165) is 28.0 Å². The Morgan fingerprint density at radius 2 is 0.767 bits per heavy atom. The second-order valence-electron chi connectivity index (χ2n) is 11.1. The van der Waals surface area contributed by atoms with Gasteiger partial charge in [0, 0.05) is 5.40 Å². The third-order valence-corrected chi connectivity index (χ3v) is 17.9. The molecule has 0 aliphatic heterocycles. The van der Waals surface area contributed by atoms with Gasteiger partial charge in [-0.15, -0.1) is 6.58 Å². The van der Waals surface area contributed by atoms with Gasteiger partial charge in [-0.2, -0.15) is 0 Å². The van der Waals surface area contributed by atoms with Crippen LogP contribution in [0, 0.1) is 0 Å². The average molecular weight is 449 g/mol. The quantitative estimate of drug-likeness (QED) is 0.256. The fourth-order valence-electron chi connectivity index (χ4n) is 7.63.